The number of amides is 2. The summed E-state index contributed by atoms with van der Waals surface area (Å²) in [6.45, 7) is 0.870. The van der Waals surface area contributed by atoms with Gasteiger partial charge in [-0.3, -0.25) is 9.59 Å². The average Bonchev–Trinajstić information content (AvgIpc) is 3.26. The van der Waals surface area contributed by atoms with Crippen LogP contribution in [0, 0.1) is 0 Å². The Kier molecular flexibility index (Phi) is 8.72. The highest BCUT2D eigenvalue weighted by Crippen LogP contribution is 2.25. The molecule has 0 aliphatic carbocycles. The SMILES string of the molecule is COc1cc(OCc2ccccc2)ccc1/C=N\N=C1/NC(=O)[C@@H](CC(=O)NCc2ccccc2)S1. The Morgan fingerprint density at radius 2 is 1.78 bits per heavy atom. The summed E-state index contributed by atoms with van der Waals surface area (Å²) in [7, 11) is 1.57. The summed E-state index contributed by atoms with van der Waals surface area (Å²) in [6, 6.07) is 24.9. The van der Waals surface area contributed by atoms with Gasteiger partial charge < -0.3 is 20.1 Å². The quantitative estimate of drug-likeness (QED) is 0.323. The Bertz CT molecular complexity index is 1250. The molecule has 1 saturated heterocycles. The number of carbonyl (C=O) groups is 2. The minimum Gasteiger partial charge on any atom is -0.496 e. The van der Waals surface area contributed by atoms with Gasteiger partial charge >= 0.3 is 0 Å². The second kappa shape index (κ2) is 12.6. The number of benzene rings is 3. The number of thioether (sulfide) groups is 1. The van der Waals surface area contributed by atoms with Crippen molar-refractivity contribution in [2.75, 3.05) is 7.11 Å². The van der Waals surface area contributed by atoms with E-state index in [0.717, 1.165) is 11.1 Å². The first-order valence-corrected chi connectivity index (χ1v) is 12.2. The molecule has 36 heavy (non-hydrogen) atoms. The van der Waals surface area contributed by atoms with Crippen LogP contribution in [0.3, 0.4) is 0 Å². The molecule has 1 atom stereocenters. The topological polar surface area (TPSA) is 101 Å². The zero-order chi connectivity index (χ0) is 25.2. The van der Waals surface area contributed by atoms with Crippen molar-refractivity contribution in [3.63, 3.8) is 0 Å². The number of rotatable bonds is 10. The van der Waals surface area contributed by atoms with Crippen LogP contribution in [0.25, 0.3) is 0 Å². The Hall–Kier alpha value is -4.11. The van der Waals surface area contributed by atoms with Gasteiger partial charge in [0, 0.05) is 24.6 Å². The highest BCUT2D eigenvalue weighted by Gasteiger charge is 2.32. The lowest BCUT2D eigenvalue weighted by molar-refractivity contribution is -0.125. The summed E-state index contributed by atoms with van der Waals surface area (Å²) in [5.74, 6) is 0.795. The van der Waals surface area contributed by atoms with Gasteiger partial charge in [0.2, 0.25) is 11.8 Å². The normalized spacial score (nSPS) is 16.2. The van der Waals surface area contributed by atoms with Gasteiger partial charge in [0.1, 0.15) is 23.4 Å². The van der Waals surface area contributed by atoms with Gasteiger partial charge in [-0.2, -0.15) is 5.10 Å². The van der Waals surface area contributed by atoms with E-state index >= 15 is 0 Å². The van der Waals surface area contributed by atoms with Crippen molar-refractivity contribution >= 4 is 35.0 Å². The van der Waals surface area contributed by atoms with E-state index < -0.39 is 5.25 Å². The molecule has 2 N–H and O–H groups in total. The summed E-state index contributed by atoms with van der Waals surface area (Å²) in [5, 5.41) is 13.5. The largest absolute Gasteiger partial charge is 0.496 e. The van der Waals surface area contributed by atoms with E-state index in [4.69, 9.17) is 9.47 Å². The van der Waals surface area contributed by atoms with Crippen molar-refractivity contribution in [3.05, 3.63) is 95.6 Å². The molecule has 4 rings (SSSR count). The Labute approximate surface area is 213 Å². The molecule has 1 aliphatic heterocycles. The predicted octanol–water partition coefficient (Wildman–Crippen LogP) is 3.90. The maximum atomic E-state index is 12.3. The van der Waals surface area contributed by atoms with Gasteiger partial charge in [0.25, 0.3) is 0 Å². The number of carbonyl (C=O) groups excluding carboxylic acids is 2. The lowest BCUT2D eigenvalue weighted by Gasteiger charge is -2.09. The number of methoxy groups -OCH3 is 1. The van der Waals surface area contributed by atoms with E-state index in [1.807, 2.05) is 72.8 Å². The molecule has 0 bridgehead atoms. The van der Waals surface area contributed by atoms with Crippen molar-refractivity contribution in [1.29, 1.82) is 0 Å². The smallest absolute Gasteiger partial charge is 0.240 e. The van der Waals surface area contributed by atoms with Crippen molar-refractivity contribution < 1.29 is 19.1 Å². The van der Waals surface area contributed by atoms with Gasteiger partial charge in [-0.15, -0.1) is 5.10 Å². The first kappa shape index (κ1) is 25.0. The van der Waals surface area contributed by atoms with E-state index in [1.54, 1.807) is 19.4 Å². The Morgan fingerprint density at radius 3 is 2.50 bits per heavy atom. The molecule has 8 nitrogen and oxygen atoms in total. The molecular weight excluding hydrogens is 476 g/mol. The van der Waals surface area contributed by atoms with E-state index in [2.05, 4.69) is 20.8 Å². The Morgan fingerprint density at radius 1 is 1.06 bits per heavy atom. The summed E-state index contributed by atoms with van der Waals surface area (Å²) in [4.78, 5) is 24.5. The van der Waals surface area contributed by atoms with Crippen LogP contribution in [0.2, 0.25) is 0 Å². The van der Waals surface area contributed by atoms with Gasteiger partial charge in [-0.1, -0.05) is 72.4 Å². The molecule has 1 heterocycles. The van der Waals surface area contributed by atoms with Crippen molar-refractivity contribution in [3.8, 4) is 11.5 Å². The van der Waals surface area contributed by atoms with Crippen LogP contribution < -0.4 is 20.1 Å². The molecule has 0 radical (unpaired) electrons. The van der Waals surface area contributed by atoms with Crippen LogP contribution in [0.5, 0.6) is 11.5 Å². The highest BCUT2D eigenvalue weighted by atomic mass is 32.2. The average molecular weight is 503 g/mol. The second-order valence-corrected chi connectivity index (χ2v) is 9.08. The zero-order valence-electron chi connectivity index (χ0n) is 19.7. The lowest BCUT2D eigenvalue weighted by atomic mass is 10.2. The van der Waals surface area contributed by atoms with Gasteiger partial charge in [0.15, 0.2) is 5.17 Å². The fraction of sp³-hybridized carbons (Fsp3) is 0.185. The maximum absolute atomic E-state index is 12.3. The Balaban J connectivity index is 1.29. The zero-order valence-corrected chi connectivity index (χ0v) is 20.5. The minimum absolute atomic E-state index is 0.0599. The molecule has 1 aliphatic rings. The summed E-state index contributed by atoms with van der Waals surface area (Å²) < 4.78 is 11.3. The first-order valence-electron chi connectivity index (χ1n) is 11.3. The van der Waals surface area contributed by atoms with Crippen LogP contribution in [0.1, 0.15) is 23.1 Å². The summed E-state index contributed by atoms with van der Waals surface area (Å²) in [5.41, 5.74) is 2.78. The molecule has 0 spiro atoms. The number of hydrogen-bond acceptors (Lipinski definition) is 7. The van der Waals surface area contributed by atoms with Gasteiger partial charge in [-0.25, -0.2) is 0 Å². The third-order valence-electron chi connectivity index (χ3n) is 5.28. The standard InChI is InChI=1S/C27H26N4O4S/c1-34-23-14-22(35-18-20-10-6-3-7-11-20)13-12-21(23)17-29-31-27-30-26(33)24(36-27)15-25(32)28-16-19-8-4-2-5-9-19/h2-14,17,24H,15-16,18H2,1H3,(H,28,32)(H,30,31,33)/b29-17-/t24-/m1/s1. The first-order chi connectivity index (χ1) is 17.6. The molecular formula is C27H26N4O4S. The third kappa shape index (κ3) is 7.19. The van der Waals surface area contributed by atoms with Crippen LogP contribution in [-0.2, 0) is 22.7 Å². The van der Waals surface area contributed by atoms with Gasteiger partial charge in [0.05, 0.1) is 13.3 Å². The second-order valence-electron chi connectivity index (χ2n) is 7.89. The molecule has 0 aromatic heterocycles. The van der Waals surface area contributed by atoms with E-state index in [0.29, 0.717) is 35.4 Å². The summed E-state index contributed by atoms with van der Waals surface area (Å²) in [6.07, 6.45) is 1.60. The molecule has 9 heteroatoms. The van der Waals surface area contributed by atoms with E-state index in [-0.39, 0.29) is 18.2 Å². The van der Waals surface area contributed by atoms with E-state index in [1.165, 1.54) is 11.8 Å². The van der Waals surface area contributed by atoms with Crippen LogP contribution >= 0.6 is 11.8 Å². The highest BCUT2D eigenvalue weighted by molar-refractivity contribution is 8.15. The minimum atomic E-state index is -0.551. The summed E-state index contributed by atoms with van der Waals surface area (Å²) >= 11 is 1.18. The molecule has 3 aromatic rings. The molecule has 1 fully saturated rings. The third-order valence-corrected chi connectivity index (χ3v) is 6.35. The fourth-order valence-corrected chi connectivity index (χ4v) is 4.32. The maximum Gasteiger partial charge on any atom is 0.240 e. The molecule has 0 unspecified atom stereocenters. The number of ether oxygens (including phenoxy) is 2. The fourth-order valence-electron chi connectivity index (χ4n) is 3.40. The number of nitrogens with one attached hydrogen (secondary N) is 2. The molecule has 184 valence electrons. The monoisotopic (exact) mass is 502 g/mol. The van der Waals surface area contributed by atoms with Crippen molar-refractivity contribution in [2.45, 2.75) is 24.8 Å². The number of hydrogen-bond donors (Lipinski definition) is 2. The van der Waals surface area contributed by atoms with Crippen molar-refractivity contribution in [2.24, 2.45) is 10.2 Å². The van der Waals surface area contributed by atoms with Crippen LogP contribution in [0.15, 0.2) is 89.1 Å². The van der Waals surface area contributed by atoms with Crippen LogP contribution in [-0.4, -0.2) is 35.6 Å². The van der Waals surface area contributed by atoms with E-state index in [9.17, 15) is 9.59 Å². The van der Waals surface area contributed by atoms with Gasteiger partial charge in [-0.05, 0) is 23.3 Å². The molecule has 0 saturated carbocycles. The number of amidine groups is 1. The lowest BCUT2D eigenvalue weighted by Crippen LogP contribution is -2.31. The predicted molar refractivity (Wildman–Crippen MR) is 141 cm³/mol. The van der Waals surface area contributed by atoms with Crippen LogP contribution in [0.4, 0.5) is 0 Å². The molecule has 3 aromatic carbocycles. The number of nitrogens with zero attached hydrogens (tertiary/aromatic N) is 2. The van der Waals surface area contributed by atoms with Crippen molar-refractivity contribution in [1.82, 2.24) is 10.6 Å². The molecule has 2 amide bonds.